The van der Waals surface area contributed by atoms with Gasteiger partial charge in [0.2, 0.25) is 0 Å². The van der Waals surface area contributed by atoms with Crippen molar-refractivity contribution in [3.63, 3.8) is 0 Å². The fraction of sp³-hybridized carbons (Fsp3) is 0.167. The molecule has 94 valence electrons. The minimum atomic E-state index is -0.718. The quantitative estimate of drug-likeness (QED) is 0.799. The van der Waals surface area contributed by atoms with Crippen molar-refractivity contribution in [2.24, 2.45) is 0 Å². The largest absolute Gasteiger partial charge is 0.268 e. The van der Waals surface area contributed by atoms with Gasteiger partial charge in [-0.3, -0.25) is 4.79 Å². The number of aryl methyl sites for hydroxylation is 1. The fourth-order valence-corrected chi connectivity index (χ4v) is 1.88. The molecule has 3 nitrogen and oxygen atoms in total. The zero-order valence-corrected chi connectivity index (χ0v) is 11.0. The van der Waals surface area contributed by atoms with Crippen LogP contribution in [0.1, 0.15) is 11.1 Å². The van der Waals surface area contributed by atoms with Crippen molar-refractivity contribution in [3.8, 4) is 0 Å². The number of nitrogens with zero attached hydrogens (tertiary/aromatic N) is 2. The second kappa shape index (κ2) is 4.97. The summed E-state index contributed by atoms with van der Waals surface area (Å²) in [5, 5.41) is 3.84. The van der Waals surface area contributed by atoms with E-state index in [9.17, 15) is 13.6 Å². The number of rotatable bonds is 2. The molecule has 18 heavy (non-hydrogen) atoms. The molecule has 1 aromatic carbocycles. The number of hydrogen-bond donors (Lipinski definition) is 0. The Labute approximate surface area is 110 Å². The van der Waals surface area contributed by atoms with Crippen LogP contribution in [0.15, 0.2) is 33.7 Å². The van der Waals surface area contributed by atoms with Crippen LogP contribution >= 0.6 is 15.9 Å². The standard InChI is InChI=1S/C12H9BrF2N2O/c1-7-4-11(18)17(16-5-7)6-8-10(14)3-2-9(13)12(8)15/h2-5H,6H2,1H3. The van der Waals surface area contributed by atoms with E-state index in [0.29, 0.717) is 5.56 Å². The maximum atomic E-state index is 13.7. The monoisotopic (exact) mass is 314 g/mol. The molecule has 0 aliphatic carbocycles. The van der Waals surface area contributed by atoms with E-state index in [1.54, 1.807) is 6.92 Å². The molecule has 0 unspecified atom stereocenters. The summed E-state index contributed by atoms with van der Waals surface area (Å²) < 4.78 is 28.4. The summed E-state index contributed by atoms with van der Waals surface area (Å²) in [5.41, 5.74) is 0.114. The first kappa shape index (κ1) is 12.9. The third kappa shape index (κ3) is 2.48. The van der Waals surface area contributed by atoms with E-state index in [-0.39, 0.29) is 16.6 Å². The molecule has 0 spiro atoms. The molecule has 6 heteroatoms. The van der Waals surface area contributed by atoms with Gasteiger partial charge in [-0.2, -0.15) is 5.10 Å². The van der Waals surface area contributed by atoms with E-state index in [1.807, 2.05) is 0 Å². The molecule has 0 aliphatic heterocycles. The van der Waals surface area contributed by atoms with Gasteiger partial charge < -0.3 is 0 Å². The summed E-state index contributed by atoms with van der Waals surface area (Å²) in [6.45, 7) is 1.48. The normalized spacial score (nSPS) is 10.7. The lowest BCUT2D eigenvalue weighted by molar-refractivity contribution is 0.520. The average molecular weight is 315 g/mol. The zero-order valence-electron chi connectivity index (χ0n) is 9.45. The van der Waals surface area contributed by atoms with Crippen molar-refractivity contribution in [3.05, 3.63) is 62.0 Å². The second-order valence-electron chi connectivity index (χ2n) is 3.85. The Hall–Kier alpha value is -1.56. The van der Waals surface area contributed by atoms with Crippen molar-refractivity contribution < 1.29 is 8.78 Å². The van der Waals surface area contributed by atoms with Crippen molar-refractivity contribution in [2.45, 2.75) is 13.5 Å². The molecule has 2 rings (SSSR count). The van der Waals surface area contributed by atoms with Crippen molar-refractivity contribution in [1.82, 2.24) is 9.78 Å². The Bertz CT molecular complexity index is 655. The van der Waals surface area contributed by atoms with Crippen LogP contribution in [0.4, 0.5) is 8.78 Å². The molecule has 0 fully saturated rings. The van der Waals surface area contributed by atoms with Crippen molar-refractivity contribution in [1.29, 1.82) is 0 Å². The maximum absolute atomic E-state index is 13.7. The van der Waals surface area contributed by atoms with Crippen LogP contribution in [0.25, 0.3) is 0 Å². The Morgan fingerprint density at radius 1 is 1.39 bits per heavy atom. The molecule has 0 atom stereocenters. The molecular formula is C12H9BrF2N2O. The third-order valence-corrected chi connectivity index (χ3v) is 3.07. The van der Waals surface area contributed by atoms with Gasteiger partial charge in [0.05, 0.1) is 17.2 Å². The molecule has 0 radical (unpaired) electrons. The van der Waals surface area contributed by atoms with Crippen molar-refractivity contribution >= 4 is 15.9 Å². The number of halogens is 3. The van der Waals surface area contributed by atoms with Crippen LogP contribution in [-0.4, -0.2) is 9.78 Å². The Kier molecular flexibility index (Phi) is 3.56. The van der Waals surface area contributed by atoms with E-state index < -0.39 is 17.2 Å². The highest BCUT2D eigenvalue weighted by atomic mass is 79.9. The molecule has 1 aromatic heterocycles. The first-order chi connectivity index (χ1) is 8.49. The van der Waals surface area contributed by atoms with E-state index in [1.165, 1.54) is 18.3 Å². The maximum Gasteiger partial charge on any atom is 0.267 e. The summed E-state index contributed by atoms with van der Waals surface area (Å²) >= 11 is 2.97. The summed E-state index contributed by atoms with van der Waals surface area (Å²) in [6.07, 6.45) is 1.47. The van der Waals surface area contributed by atoms with Crippen LogP contribution in [0.5, 0.6) is 0 Å². The molecule has 1 heterocycles. The summed E-state index contributed by atoms with van der Waals surface area (Å²) in [6, 6.07) is 3.78. The third-order valence-electron chi connectivity index (χ3n) is 2.45. The number of hydrogen-bond acceptors (Lipinski definition) is 2. The lowest BCUT2D eigenvalue weighted by Gasteiger charge is -2.08. The Morgan fingerprint density at radius 2 is 2.11 bits per heavy atom. The van der Waals surface area contributed by atoms with Crippen LogP contribution in [0.2, 0.25) is 0 Å². The van der Waals surface area contributed by atoms with Crippen molar-refractivity contribution in [2.75, 3.05) is 0 Å². The Morgan fingerprint density at radius 3 is 2.78 bits per heavy atom. The van der Waals surface area contributed by atoms with Gasteiger partial charge in [-0.1, -0.05) is 0 Å². The van der Waals surface area contributed by atoms with Gasteiger partial charge in [-0.25, -0.2) is 13.5 Å². The van der Waals surface area contributed by atoms with Gasteiger partial charge in [0, 0.05) is 11.6 Å². The lowest BCUT2D eigenvalue weighted by atomic mass is 10.2. The van der Waals surface area contributed by atoms with Crippen LogP contribution in [0.3, 0.4) is 0 Å². The molecule has 0 N–H and O–H groups in total. The predicted molar refractivity (Wildman–Crippen MR) is 66.4 cm³/mol. The smallest absolute Gasteiger partial charge is 0.267 e. The van der Waals surface area contributed by atoms with Gasteiger partial charge in [-0.05, 0) is 40.5 Å². The second-order valence-corrected chi connectivity index (χ2v) is 4.70. The van der Waals surface area contributed by atoms with Gasteiger partial charge in [-0.15, -0.1) is 0 Å². The van der Waals surface area contributed by atoms with Crippen LogP contribution in [-0.2, 0) is 6.54 Å². The highest BCUT2D eigenvalue weighted by molar-refractivity contribution is 9.10. The van der Waals surface area contributed by atoms with Gasteiger partial charge in [0.1, 0.15) is 11.6 Å². The highest BCUT2D eigenvalue weighted by Crippen LogP contribution is 2.21. The van der Waals surface area contributed by atoms with E-state index >= 15 is 0 Å². The topological polar surface area (TPSA) is 34.9 Å². The molecule has 0 saturated carbocycles. The zero-order chi connectivity index (χ0) is 13.3. The number of aromatic nitrogens is 2. The van der Waals surface area contributed by atoms with E-state index in [2.05, 4.69) is 21.0 Å². The fourth-order valence-electron chi connectivity index (χ4n) is 1.51. The molecule has 0 saturated heterocycles. The number of benzene rings is 1. The average Bonchev–Trinajstić information content (AvgIpc) is 2.32. The summed E-state index contributed by atoms with van der Waals surface area (Å²) in [5.74, 6) is -1.42. The van der Waals surface area contributed by atoms with Crippen LogP contribution in [0, 0.1) is 18.6 Å². The lowest BCUT2D eigenvalue weighted by Crippen LogP contribution is -2.23. The Balaban J connectivity index is 2.46. The summed E-state index contributed by atoms with van der Waals surface area (Å²) in [4.78, 5) is 11.6. The minimum absolute atomic E-state index is 0.152. The van der Waals surface area contributed by atoms with Crippen LogP contribution < -0.4 is 5.56 Å². The first-order valence-electron chi connectivity index (χ1n) is 5.15. The molecular weight excluding hydrogens is 306 g/mol. The molecule has 0 bridgehead atoms. The van der Waals surface area contributed by atoms with E-state index in [0.717, 1.165) is 10.7 Å². The molecule has 0 aliphatic rings. The summed E-state index contributed by atoms with van der Waals surface area (Å²) in [7, 11) is 0. The highest BCUT2D eigenvalue weighted by Gasteiger charge is 2.13. The van der Waals surface area contributed by atoms with Gasteiger partial charge in [0.25, 0.3) is 5.56 Å². The first-order valence-corrected chi connectivity index (χ1v) is 5.94. The molecule has 2 aromatic rings. The molecule has 0 amide bonds. The van der Waals surface area contributed by atoms with E-state index in [4.69, 9.17) is 0 Å². The SMILES string of the molecule is Cc1cnn(Cc2c(F)ccc(Br)c2F)c(=O)c1. The minimum Gasteiger partial charge on any atom is -0.268 e. The van der Waals surface area contributed by atoms with Gasteiger partial charge in [0.15, 0.2) is 0 Å². The van der Waals surface area contributed by atoms with Gasteiger partial charge >= 0.3 is 0 Å². The predicted octanol–water partition coefficient (Wildman–Crippen LogP) is 2.64.